The van der Waals surface area contributed by atoms with Crippen molar-refractivity contribution in [1.29, 1.82) is 0 Å². The molecule has 4 nitrogen and oxygen atoms in total. The Morgan fingerprint density at radius 3 is 2.17 bits per heavy atom. The van der Waals surface area contributed by atoms with Crippen LogP contribution in [0.4, 0.5) is 8.78 Å². The van der Waals surface area contributed by atoms with Crippen molar-refractivity contribution < 1.29 is 17.2 Å². The first-order valence-corrected chi connectivity index (χ1v) is 4.79. The summed E-state index contributed by atoms with van der Waals surface area (Å²) in [7, 11) is -3.39. The summed E-state index contributed by atoms with van der Waals surface area (Å²) >= 11 is 0. The molecule has 0 saturated carbocycles. The highest BCUT2D eigenvalue weighted by atomic mass is 32.2. The summed E-state index contributed by atoms with van der Waals surface area (Å²) in [6.07, 6.45) is 0. The Hall–Kier alpha value is -0.270. The average Bonchev–Trinajstić information content (AvgIpc) is 2.01. The molecule has 74 valence electrons. The second kappa shape index (κ2) is 4.11. The van der Waals surface area contributed by atoms with E-state index >= 15 is 0 Å². The van der Waals surface area contributed by atoms with E-state index < -0.39 is 21.8 Å². The molecule has 12 heavy (non-hydrogen) atoms. The Kier molecular flexibility index (Phi) is 4.01. The molecule has 1 atom stereocenters. The number of nitrogens with zero attached hydrogens (tertiary/aromatic N) is 1. The minimum atomic E-state index is -4.47. The fourth-order valence-corrected chi connectivity index (χ4v) is 1.36. The zero-order valence-corrected chi connectivity index (χ0v) is 7.68. The normalized spacial score (nSPS) is 15.6. The number of rotatable bonds is 4. The van der Waals surface area contributed by atoms with Crippen molar-refractivity contribution in [1.82, 2.24) is 4.31 Å². The van der Waals surface area contributed by atoms with E-state index in [0.717, 1.165) is 7.05 Å². The molecule has 0 bridgehead atoms. The summed E-state index contributed by atoms with van der Waals surface area (Å²) in [5, 5.41) is 0. The summed E-state index contributed by atoms with van der Waals surface area (Å²) in [5.74, 6) is -3.38. The first kappa shape index (κ1) is 11.7. The molecule has 7 heteroatoms. The number of hydrogen-bond donors (Lipinski definition) is 1. The third-order valence-corrected chi connectivity index (χ3v) is 3.20. The molecule has 0 aliphatic heterocycles. The van der Waals surface area contributed by atoms with Gasteiger partial charge in [0.15, 0.2) is 0 Å². The molecule has 0 radical (unpaired) electrons. The molecule has 0 aromatic carbocycles. The number of nitrogens with two attached hydrogens (primary N) is 1. The van der Waals surface area contributed by atoms with Crippen LogP contribution >= 0.6 is 0 Å². The van der Waals surface area contributed by atoms with Crippen LogP contribution in [0.2, 0.25) is 0 Å². The van der Waals surface area contributed by atoms with Crippen molar-refractivity contribution in [2.24, 2.45) is 5.73 Å². The van der Waals surface area contributed by atoms with Gasteiger partial charge in [0.2, 0.25) is 0 Å². The van der Waals surface area contributed by atoms with E-state index in [2.05, 4.69) is 0 Å². The van der Waals surface area contributed by atoms with E-state index in [0.29, 0.717) is 4.31 Å². The van der Waals surface area contributed by atoms with Gasteiger partial charge in [0, 0.05) is 19.6 Å². The number of sulfonamides is 1. The van der Waals surface area contributed by atoms with E-state index in [9.17, 15) is 17.2 Å². The first-order chi connectivity index (χ1) is 5.34. The van der Waals surface area contributed by atoms with Crippen molar-refractivity contribution in [2.45, 2.75) is 18.7 Å². The van der Waals surface area contributed by atoms with E-state index in [4.69, 9.17) is 5.73 Å². The lowest BCUT2D eigenvalue weighted by molar-refractivity contribution is 0.217. The fourth-order valence-electron chi connectivity index (χ4n) is 0.525. The molecule has 0 aliphatic carbocycles. The molecule has 0 saturated heterocycles. The highest BCUT2D eigenvalue weighted by Gasteiger charge is 2.31. The molecule has 1 unspecified atom stereocenters. The Bertz CT molecular complexity index is 230. The molecular weight excluding hydrogens is 190 g/mol. The maximum Gasteiger partial charge on any atom is 0.350 e. The third kappa shape index (κ3) is 2.36. The van der Waals surface area contributed by atoms with Crippen LogP contribution < -0.4 is 5.73 Å². The minimum Gasteiger partial charge on any atom is -0.329 e. The number of alkyl halides is 2. The van der Waals surface area contributed by atoms with Gasteiger partial charge in [-0.2, -0.15) is 13.1 Å². The van der Waals surface area contributed by atoms with Gasteiger partial charge in [0.05, 0.1) is 0 Å². The van der Waals surface area contributed by atoms with Crippen LogP contribution in [0.3, 0.4) is 0 Å². The maximum atomic E-state index is 11.9. The summed E-state index contributed by atoms with van der Waals surface area (Å²) in [4.78, 5) is 0. The second-order valence-electron chi connectivity index (χ2n) is 2.41. The summed E-state index contributed by atoms with van der Waals surface area (Å²) in [6, 6.07) is -0.607. The van der Waals surface area contributed by atoms with Crippen LogP contribution in [0.5, 0.6) is 0 Å². The molecular formula is C5H12F2N2O2S. The SMILES string of the molecule is CC(CN)N(C)S(=O)(=O)C(F)F. The monoisotopic (exact) mass is 202 g/mol. The fraction of sp³-hybridized carbons (Fsp3) is 1.00. The van der Waals surface area contributed by atoms with Gasteiger partial charge in [0.25, 0.3) is 10.0 Å². The smallest absolute Gasteiger partial charge is 0.329 e. The third-order valence-electron chi connectivity index (χ3n) is 1.59. The molecule has 0 aliphatic rings. The molecule has 0 rings (SSSR count). The lowest BCUT2D eigenvalue weighted by Crippen LogP contribution is -2.42. The Morgan fingerprint density at radius 2 is 1.92 bits per heavy atom. The molecule has 0 amide bonds. The van der Waals surface area contributed by atoms with Crippen LogP contribution in [-0.2, 0) is 10.0 Å². The van der Waals surface area contributed by atoms with Gasteiger partial charge in [-0.3, -0.25) is 0 Å². The second-order valence-corrected chi connectivity index (χ2v) is 4.37. The van der Waals surface area contributed by atoms with Crippen LogP contribution in [0.15, 0.2) is 0 Å². The summed E-state index contributed by atoms with van der Waals surface area (Å²) in [5.41, 5.74) is 5.12. The first-order valence-electron chi connectivity index (χ1n) is 3.29. The van der Waals surface area contributed by atoms with Crippen molar-refractivity contribution in [2.75, 3.05) is 13.6 Å². The Balaban J connectivity index is 4.58. The molecule has 0 aromatic rings. The Labute approximate surface area is 70.4 Å². The number of halogens is 2. The van der Waals surface area contributed by atoms with Crippen LogP contribution in [0, 0.1) is 0 Å². The van der Waals surface area contributed by atoms with Crippen LogP contribution in [-0.4, -0.2) is 38.1 Å². The standard InChI is InChI=1S/C5H12F2N2O2S/c1-4(3-8)9(2)12(10,11)5(6)7/h4-5H,3,8H2,1-2H3. The molecule has 2 N–H and O–H groups in total. The topological polar surface area (TPSA) is 63.4 Å². The van der Waals surface area contributed by atoms with E-state index in [-0.39, 0.29) is 6.54 Å². The highest BCUT2D eigenvalue weighted by molar-refractivity contribution is 7.89. The van der Waals surface area contributed by atoms with Crippen molar-refractivity contribution in [3.05, 3.63) is 0 Å². The maximum absolute atomic E-state index is 11.9. The van der Waals surface area contributed by atoms with E-state index in [1.807, 2.05) is 0 Å². The van der Waals surface area contributed by atoms with Crippen molar-refractivity contribution in [3.63, 3.8) is 0 Å². The van der Waals surface area contributed by atoms with Gasteiger partial charge in [0.1, 0.15) is 0 Å². The predicted octanol–water partition coefficient (Wildman–Crippen LogP) is -0.182. The predicted molar refractivity (Wildman–Crippen MR) is 41.2 cm³/mol. The lowest BCUT2D eigenvalue weighted by atomic mass is 10.4. The van der Waals surface area contributed by atoms with Gasteiger partial charge in [-0.25, -0.2) is 8.42 Å². The molecule has 0 aromatic heterocycles. The summed E-state index contributed by atoms with van der Waals surface area (Å²) in [6.45, 7) is 1.47. The average molecular weight is 202 g/mol. The minimum absolute atomic E-state index is 0.0163. The number of hydrogen-bond acceptors (Lipinski definition) is 3. The summed E-state index contributed by atoms with van der Waals surface area (Å²) < 4.78 is 45.9. The number of likely N-dealkylation sites (N-methyl/N-ethyl adjacent to an activating group) is 1. The largest absolute Gasteiger partial charge is 0.350 e. The van der Waals surface area contributed by atoms with Crippen molar-refractivity contribution in [3.8, 4) is 0 Å². The van der Waals surface area contributed by atoms with Gasteiger partial charge in [-0.15, -0.1) is 0 Å². The quantitative estimate of drug-likeness (QED) is 0.687. The van der Waals surface area contributed by atoms with Crippen molar-refractivity contribution >= 4 is 10.0 Å². The molecule has 0 heterocycles. The Morgan fingerprint density at radius 1 is 1.50 bits per heavy atom. The van der Waals surface area contributed by atoms with Gasteiger partial charge < -0.3 is 5.73 Å². The molecule has 0 fully saturated rings. The van der Waals surface area contributed by atoms with Crippen LogP contribution in [0.1, 0.15) is 6.92 Å². The van der Waals surface area contributed by atoms with Crippen LogP contribution in [0.25, 0.3) is 0 Å². The van der Waals surface area contributed by atoms with E-state index in [1.54, 1.807) is 0 Å². The van der Waals surface area contributed by atoms with Gasteiger partial charge in [-0.1, -0.05) is 0 Å². The zero-order chi connectivity index (χ0) is 9.94. The zero-order valence-electron chi connectivity index (χ0n) is 6.87. The van der Waals surface area contributed by atoms with Gasteiger partial charge >= 0.3 is 5.76 Å². The molecule has 0 spiro atoms. The lowest BCUT2D eigenvalue weighted by Gasteiger charge is -2.21. The van der Waals surface area contributed by atoms with Gasteiger partial charge in [-0.05, 0) is 6.92 Å². The van der Waals surface area contributed by atoms with E-state index in [1.165, 1.54) is 6.92 Å². The highest BCUT2D eigenvalue weighted by Crippen LogP contribution is 2.11.